The van der Waals surface area contributed by atoms with E-state index in [1.165, 1.54) is 64.5 Å². The quantitative estimate of drug-likeness (QED) is 0.649. The fourth-order valence-electron chi connectivity index (χ4n) is 8.64. The molecule has 7 rings (SSSR count). The van der Waals surface area contributed by atoms with Crippen LogP contribution in [0.4, 0.5) is 5.69 Å². The Hall–Kier alpha value is -1.88. The first kappa shape index (κ1) is 22.6. The number of rotatable bonds is 6. The van der Waals surface area contributed by atoms with Crippen molar-refractivity contribution < 1.29 is 9.59 Å². The van der Waals surface area contributed by atoms with Gasteiger partial charge in [-0.25, -0.2) is 0 Å². The van der Waals surface area contributed by atoms with Gasteiger partial charge in [0.2, 0.25) is 5.91 Å². The molecule has 2 heterocycles. The number of anilines is 1. The van der Waals surface area contributed by atoms with Crippen LogP contribution in [0.2, 0.25) is 0 Å². The van der Waals surface area contributed by atoms with Gasteiger partial charge in [0.15, 0.2) is 0 Å². The maximum absolute atomic E-state index is 13.3. The van der Waals surface area contributed by atoms with Crippen molar-refractivity contribution in [1.29, 1.82) is 0 Å². The molecule has 4 aliphatic carbocycles. The van der Waals surface area contributed by atoms with E-state index in [1.54, 1.807) is 0 Å². The number of fused-ring (bicyclic) bond motifs is 1. The van der Waals surface area contributed by atoms with Crippen LogP contribution < -0.4 is 5.32 Å². The van der Waals surface area contributed by atoms with Crippen LogP contribution in [0.25, 0.3) is 0 Å². The molecular formula is C29H41N3O2. The topological polar surface area (TPSA) is 52.6 Å². The minimum absolute atomic E-state index is 0.145. The molecule has 0 spiro atoms. The van der Waals surface area contributed by atoms with Crippen molar-refractivity contribution in [3.8, 4) is 0 Å². The SMILES string of the molecule is CN1CCC(CCN2CCc3c(NC(=O)CC45CC6CC(CC(C6)C4)C5)cccc3C2=O)CC1. The molecule has 1 saturated heterocycles. The van der Waals surface area contributed by atoms with Crippen LogP contribution in [0, 0.1) is 29.1 Å². The Morgan fingerprint density at radius 2 is 1.71 bits per heavy atom. The number of nitrogens with zero attached hydrogens (tertiary/aromatic N) is 2. The molecule has 6 aliphatic rings. The summed E-state index contributed by atoms with van der Waals surface area (Å²) in [5.41, 5.74) is 2.95. The zero-order valence-corrected chi connectivity index (χ0v) is 20.9. The maximum Gasteiger partial charge on any atom is 0.254 e. The summed E-state index contributed by atoms with van der Waals surface area (Å²) in [7, 11) is 2.20. The zero-order chi connectivity index (χ0) is 23.3. The van der Waals surface area contributed by atoms with Crippen LogP contribution in [0.3, 0.4) is 0 Å². The van der Waals surface area contributed by atoms with Crippen molar-refractivity contribution in [3.63, 3.8) is 0 Å². The van der Waals surface area contributed by atoms with E-state index in [0.717, 1.165) is 66.4 Å². The van der Waals surface area contributed by atoms with E-state index in [2.05, 4.69) is 17.3 Å². The van der Waals surface area contributed by atoms with Gasteiger partial charge in [-0.05, 0) is 131 Å². The van der Waals surface area contributed by atoms with Crippen molar-refractivity contribution in [2.24, 2.45) is 29.1 Å². The Bertz CT molecular complexity index is 913. The van der Waals surface area contributed by atoms with Crippen LogP contribution in [0.15, 0.2) is 18.2 Å². The molecule has 5 heteroatoms. The van der Waals surface area contributed by atoms with Gasteiger partial charge in [0.1, 0.15) is 0 Å². The fraction of sp³-hybridized carbons (Fsp3) is 0.724. The molecule has 2 amide bonds. The van der Waals surface area contributed by atoms with Gasteiger partial charge in [0.25, 0.3) is 5.91 Å². The summed E-state index contributed by atoms with van der Waals surface area (Å²) in [5.74, 6) is 3.63. The number of carbonyl (C=O) groups excluding carboxylic acids is 2. The first-order valence-electron chi connectivity index (χ1n) is 13.9. The van der Waals surface area contributed by atoms with Crippen molar-refractivity contribution in [2.45, 2.75) is 70.6 Å². The van der Waals surface area contributed by atoms with Gasteiger partial charge < -0.3 is 15.1 Å². The molecule has 0 radical (unpaired) electrons. The Morgan fingerprint density at radius 1 is 1.03 bits per heavy atom. The molecule has 5 nitrogen and oxygen atoms in total. The molecule has 0 unspecified atom stereocenters. The van der Waals surface area contributed by atoms with E-state index in [-0.39, 0.29) is 17.2 Å². The summed E-state index contributed by atoms with van der Waals surface area (Å²) >= 11 is 0. The smallest absolute Gasteiger partial charge is 0.254 e. The minimum Gasteiger partial charge on any atom is -0.338 e. The summed E-state index contributed by atoms with van der Waals surface area (Å²) < 4.78 is 0. The maximum atomic E-state index is 13.3. The second-order valence-corrected chi connectivity index (χ2v) is 12.6. The summed E-state index contributed by atoms with van der Waals surface area (Å²) in [4.78, 5) is 30.9. The largest absolute Gasteiger partial charge is 0.338 e. The fourth-order valence-corrected chi connectivity index (χ4v) is 8.64. The van der Waals surface area contributed by atoms with Gasteiger partial charge in [-0.3, -0.25) is 9.59 Å². The van der Waals surface area contributed by atoms with Crippen LogP contribution in [0.1, 0.15) is 80.1 Å². The third-order valence-electron chi connectivity index (χ3n) is 9.95. The normalized spacial score (nSPS) is 33.3. The molecule has 1 aromatic carbocycles. The summed E-state index contributed by atoms with van der Waals surface area (Å²) in [6, 6.07) is 5.89. The highest BCUT2D eigenvalue weighted by Crippen LogP contribution is 2.61. The first-order valence-corrected chi connectivity index (χ1v) is 13.9. The number of benzene rings is 1. The Kier molecular flexibility index (Phi) is 5.95. The van der Waals surface area contributed by atoms with E-state index in [1.807, 2.05) is 23.1 Å². The highest BCUT2D eigenvalue weighted by Gasteiger charge is 2.51. The average Bonchev–Trinajstić information content (AvgIpc) is 2.79. The van der Waals surface area contributed by atoms with Crippen molar-refractivity contribution in [1.82, 2.24) is 9.80 Å². The van der Waals surface area contributed by atoms with Crippen molar-refractivity contribution in [2.75, 3.05) is 38.5 Å². The van der Waals surface area contributed by atoms with Crippen molar-refractivity contribution in [3.05, 3.63) is 29.3 Å². The van der Waals surface area contributed by atoms with Gasteiger partial charge in [-0.2, -0.15) is 0 Å². The lowest BCUT2D eigenvalue weighted by molar-refractivity contribution is -0.124. The highest BCUT2D eigenvalue weighted by atomic mass is 16.2. The Labute approximate surface area is 204 Å². The predicted molar refractivity (Wildman–Crippen MR) is 135 cm³/mol. The zero-order valence-electron chi connectivity index (χ0n) is 20.9. The van der Waals surface area contributed by atoms with Crippen LogP contribution in [0.5, 0.6) is 0 Å². The van der Waals surface area contributed by atoms with E-state index < -0.39 is 0 Å². The van der Waals surface area contributed by atoms with Gasteiger partial charge in [-0.1, -0.05) is 6.07 Å². The van der Waals surface area contributed by atoms with Crippen molar-refractivity contribution >= 4 is 17.5 Å². The van der Waals surface area contributed by atoms with E-state index in [4.69, 9.17) is 0 Å². The number of hydrogen-bond donors (Lipinski definition) is 1. The Balaban J connectivity index is 1.09. The molecule has 1 aromatic rings. The van der Waals surface area contributed by atoms with E-state index >= 15 is 0 Å². The molecule has 4 saturated carbocycles. The summed E-state index contributed by atoms with van der Waals surface area (Å²) in [5, 5.41) is 3.25. The van der Waals surface area contributed by atoms with Gasteiger partial charge in [-0.15, -0.1) is 0 Å². The van der Waals surface area contributed by atoms with E-state index in [0.29, 0.717) is 6.42 Å². The average molecular weight is 464 g/mol. The highest BCUT2D eigenvalue weighted by molar-refractivity contribution is 6.00. The lowest BCUT2D eigenvalue weighted by Crippen LogP contribution is -2.47. The number of hydrogen-bond acceptors (Lipinski definition) is 3. The molecule has 0 aromatic heterocycles. The molecular weight excluding hydrogens is 422 g/mol. The molecule has 184 valence electrons. The molecule has 0 atom stereocenters. The summed E-state index contributed by atoms with van der Waals surface area (Å²) in [6.07, 6.45) is 13.1. The monoisotopic (exact) mass is 463 g/mol. The molecule has 1 N–H and O–H groups in total. The molecule has 2 aliphatic heterocycles. The second-order valence-electron chi connectivity index (χ2n) is 12.6. The summed E-state index contributed by atoms with van der Waals surface area (Å²) in [6.45, 7) is 3.97. The van der Waals surface area contributed by atoms with E-state index in [9.17, 15) is 9.59 Å². The number of piperidine rings is 1. The number of amides is 2. The number of nitrogens with one attached hydrogen (secondary N) is 1. The van der Waals surface area contributed by atoms with Crippen LogP contribution in [-0.2, 0) is 11.2 Å². The lowest BCUT2D eigenvalue weighted by atomic mass is 9.49. The Morgan fingerprint density at radius 3 is 2.38 bits per heavy atom. The molecule has 4 bridgehead atoms. The molecule has 5 fully saturated rings. The first-order chi connectivity index (χ1) is 16.5. The predicted octanol–water partition coefficient (Wildman–Crippen LogP) is 4.96. The number of carbonyl (C=O) groups is 2. The molecule has 34 heavy (non-hydrogen) atoms. The van der Waals surface area contributed by atoms with Gasteiger partial charge in [0, 0.05) is 30.8 Å². The third kappa shape index (κ3) is 4.41. The van der Waals surface area contributed by atoms with Crippen LogP contribution in [-0.4, -0.2) is 54.8 Å². The van der Waals surface area contributed by atoms with Crippen LogP contribution >= 0.6 is 0 Å². The second kappa shape index (κ2) is 8.96. The van der Waals surface area contributed by atoms with Gasteiger partial charge in [0.05, 0.1) is 0 Å². The standard InChI is InChI=1S/C29H41N3O2/c1-31-9-5-20(6-10-31)7-11-32-12-8-24-25(28(32)34)3-2-4-26(24)30-27(33)19-29-16-21-13-22(17-29)15-23(14-21)18-29/h2-4,20-23H,5-19H2,1H3,(H,30,33). The number of likely N-dealkylation sites (tertiary alicyclic amines) is 1. The third-order valence-corrected chi connectivity index (χ3v) is 9.95. The lowest BCUT2D eigenvalue weighted by Gasteiger charge is -2.56. The van der Waals surface area contributed by atoms with Gasteiger partial charge >= 0.3 is 0 Å². The minimum atomic E-state index is 0.145.